The molecule has 1 aromatic rings. The van der Waals surface area contributed by atoms with Gasteiger partial charge in [0.25, 0.3) is 5.91 Å². The molecule has 1 atom stereocenters. The van der Waals surface area contributed by atoms with Crippen LogP contribution < -0.4 is 0 Å². The monoisotopic (exact) mass is 430 g/mol. The minimum atomic E-state index is -2.59. The lowest BCUT2D eigenvalue weighted by atomic mass is 9.90. The molecule has 0 N–H and O–H groups in total. The highest BCUT2D eigenvalue weighted by atomic mass is 19.3. The number of hydrogen-bond donors (Lipinski definition) is 0. The Morgan fingerprint density at radius 3 is 2.47 bits per heavy atom. The molecule has 2 aliphatic heterocycles. The molecule has 0 aromatic heterocycles. The summed E-state index contributed by atoms with van der Waals surface area (Å²) in [6.45, 7) is 2.23. The number of rotatable bonds is 2. The number of carbonyl (C=O) groups is 1. The predicted octanol–water partition coefficient (Wildman–Crippen LogP) is 3.43. The predicted molar refractivity (Wildman–Crippen MR) is 100 cm³/mol. The van der Waals surface area contributed by atoms with Crippen molar-refractivity contribution in [2.24, 2.45) is 0 Å². The first-order valence-corrected chi connectivity index (χ1v) is 10.4. The average molecular weight is 430 g/mol. The van der Waals surface area contributed by atoms with Crippen molar-refractivity contribution in [2.75, 3.05) is 39.4 Å². The SMILES string of the molecule is O=C(c1ccc(F)c(F)c1)N1CCOC2(C1)CN(C1CCC(F)(F)CC1)CCCO2. The van der Waals surface area contributed by atoms with Crippen LogP contribution in [0, 0.1) is 11.6 Å². The molecule has 9 heteroatoms. The fourth-order valence-electron chi connectivity index (χ4n) is 4.59. The molecule has 1 spiro atoms. The molecule has 4 rings (SSSR count). The Kier molecular flexibility index (Phi) is 6.05. The van der Waals surface area contributed by atoms with E-state index in [1.54, 1.807) is 0 Å². The average Bonchev–Trinajstić information content (AvgIpc) is 2.92. The summed E-state index contributed by atoms with van der Waals surface area (Å²) in [7, 11) is 0. The van der Waals surface area contributed by atoms with Crippen molar-refractivity contribution in [3.05, 3.63) is 35.4 Å². The zero-order valence-electron chi connectivity index (χ0n) is 16.7. The number of nitrogens with zero attached hydrogens (tertiary/aromatic N) is 2. The summed E-state index contributed by atoms with van der Waals surface area (Å²) >= 11 is 0. The van der Waals surface area contributed by atoms with Gasteiger partial charge in [0.2, 0.25) is 5.92 Å². The molecular weight excluding hydrogens is 404 g/mol. The summed E-state index contributed by atoms with van der Waals surface area (Å²) in [6.07, 6.45) is 1.34. The summed E-state index contributed by atoms with van der Waals surface area (Å²) in [6, 6.07) is 3.11. The summed E-state index contributed by atoms with van der Waals surface area (Å²) in [5, 5.41) is 0. The van der Waals surface area contributed by atoms with Crippen LogP contribution in [0.4, 0.5) is 17.6 Å². The molecular formula is C21H26F4N2O3. The maximum absolute atomic E-state index is 13.6. The molecule has 1 aromatic carbocycles. The van der Waals surface area contributed by atoms with E-state index >= 15 is 0 Å². The number of alkyl halides is 2. The highest BCUT2D eigenvalue weighted by Crippen LogP contribution is 2.36. The molecule has 1 saturated carbocycles. The first kappa shape index (κ1) is 21.5. The third-order valence-electron chi connectivity index (χ3n) is 6.21. The van der Waals surface area contributed by atoms with Gasteiger partial charge in [0.15, 0.2) is 17.4 Å². The molecule has 166 valence electrons. The zero-order valence-corrected chi connectivity index (χ0v) is 16.7. The standard InChI is InChI=1S/C21H26F4N2O3/c22-17-3-2-15(12-18(17)23)19(28)27-9-11-30-21(14-27)13-26(8-1-10-29-21)16-4-6-20(24,25)7-5-16/h2-3,12,16H,1,4-11,13-14H2. The van der Waals surface area contributed by atoms with Gasteiger partial charge in [-0.05, 0) is 37.5 Å². The Morgan fingerprint density at radius 2 is 1.73 bits per heavy atom. The van der Waals surface area contributed by atoms with Gasteiger partial charge in [0.05, 0.1) is 26.3 Å². The number of morpholine rings is 1. The van der Waals surface area contributed by atoms with E-state index in [0.717, 1.165) is 25.1 Å². The van der Waals surface area contributed by atoms with E-state index in [1.807, 2.05) is 0 Å². The van der Waals surface area contributed by atoms with Gasteiger partial charge < -0.3 is 14.4 Å². The first-order valence-electron chi connectivity index (χ1n) is 10.4. The van der Waals surface area contributed by atoms with Crippen molar-refractivity contribution in [3.63, 3.8) is 0 Å². The Morgan fingerprint density at radius 1 is 1.00 bits per heavy atom. The lowest BCUT2D eigenvalue weighted by Crippen LogP contribution is -2.60. The van der Waals surface area contributed by atoms with E-state index in [0.29, 0.717) is 32.5 Å². The van der Waals surface area contributed by atoms with Crippen LogP contribution in [0.3, 0.4) is 0 Å². The largest absolute Gasteiger partial charge is 0.347 e. The van der Waals surface area contributed by atoms with Gasteiger partial charge in [-0.25, -0.2) is 17.6 Å². The van der Waals surface area contributed by atoms with Crippen molar-refractivity contribution in [1.29, 1.82) is 0 Å². The van der Waals surface area contributed by atoms with Gasteiger partial charge in [-0.1, -0.05) is 0 Å². The Bertz CT molecular complexity index is 784. The molecule has 1 unspecified atom stereocenters. The van der Waals surface area contributed by atoms with Crippen LogP contribution in [0.5, 0.6) is 0 Å². The van der Waals surface area contributed by atoms with Crippen molar-refractivity contribution in [2.45, 2.75) is 49.9 Å². The molecule has 2 saturated heterocycles. The van der Waals surface area contributed by atoms with E-state index in [1.165, 1.54) is 11.0 Å². The van der Waals surface area contributed by atoms with Gasteiger partial charge in [-0.15, -0.1) is 0 Å². The second kappa shape index (κ2) is 8.43. The molecule has 2 heterocycles. The molecule has 0 radical (unpaired) electrons. The quantitative estimate of drug-likeness (QED) is 0.675. The van der Waals surface area contributed by atoms with Crippen LogP contribution in [0.15, 0.2) is 18.2 Å². The Labute approximate surface area is 172 Å². The minimum absolute atomic E-state index is 0.0315. The summed E-state index contributed by atoms with van der Waals surface area (Å²) in [5.41, 5.74) is 0.0611. The number of halogens is 4. The van der Waals surface area contributed by atoms with Crippen molar-refractivity contribution < 1.29 is 31.8 Å². The van der Waals surface area contributed by atoms with Crippen molar-refractivity contribution >= 4 is 5.91 Å². The normalized spacial score (nSPS) is 28.5. The fourth-order valence-corrected chi connectivity index (χ4v) is 4.59. The minimum Gasteiger partial charge on any atom is -0.347 e. The van der Waals surface area contributed by atoms with Gasteiger partial charge >= 0.3 is 0 Å². The molecule has 1 aliphatic carbocycles. The van der Waals surface area contributed by atoms with Crippen LogP contribution >= 0.6 is 0 Å². The summed E-state index contributed by atoms with van der Waals surface area (Å²) in [5.74, 6) is -6.15. The topological polar surface area (TPSA) is 42.0 Å². The maximum Gasteiger partial charge on any atom is 0.254 e. The third kappa shape index (κ3) is 4.63. The van der Waals surface area contributed by atoms with Crippen LogP contribution in [0.25, 0.3) is 0 Å². The zero-order chi connectivity index (χ0) is 21.4. The second-order valence-electron chi connectivity index (χ2n) is 8.37. The lowest BCUT2D eigenvalue weighted by molar-refractivity contribution is -0.263. The molecule has 3 fully saturated rings. The van der Waals surface area contributed by atoms with Crippen molar-refractivity contribution in [1.82, 2.24) is 9.80 Å². The van der Waals surface area contributed by atoms with Crippen LogP contribution in [0.1, 0.15) is 42.5 Å². The Hall–Kier alpha value is -1.71. The number of benzene rings is 1. The lowest BCUT2D eigenvalue weighted by Gasteiger charge is -2.45. The van der Waals surface area contributed by atoms with E-state index in [2.05, 4.69) is 4.90 Å². The number of ether oxygens (including phenoxy) is 2. The van der Waals surface area contributed by atoms with Crippen LogP contribution in [-0.4, -0.2) is 72.9 Å². The summed E-state index contributed by atoms with van der Waals surface area (Å²) in [4.78, 5) is 16.5. The smallest absolute Gasteiger partial charge is 0.254 e. The van der Waals surface area contributed by atoms with Gasteiger partial charge in [-0.3, -0.25) is 9.69 Å². The van der Waals surface area contributed by atoms with E-state index in [9.17, 15) is 22.4 Å². The van der Waals surface area contributed by atoms with E-state index in [4.69, 9.17) is 9.47 Å². The second-order valence-corrected chi connectivity index (χ2v) is 8.37. The summed E-state index contributed by atoms with van der Waals surface area (Å²) < 4.78 is 65.9. The number of amides is 1. The van der Waals surface area contributed by atoms with Crippen LogP contribution in [-0.2, 0) is 9.47 Å². The third-order valence-corrected chi connectivity index (χ3v) is 6.21. The highest BCUT2D eigenvalue weighted by Gasteiger charge is 2.45. The van der Waals surface area contributed by atoms with Gasteiger partial charge in [0.1, 0.15) is 0 Å². The van der Waals surface area contributed by atoms with Crippen molar-refractivity contribution in [3.8, 4) is 0 Å². The molecule has 3 aliphatic rings. The molecule has 5 nitrogen and oxygen atoms in total. The highest BCUT2D eigenvalue weighted by molar-refractivity contribution is 5.94. The molecule has 1 amide bonds. The molecule has 30 heavy (non-hydrogen) atoms. The fraction of sp³-hybridized carbons (Fsp3) is 0.667. The first-order chi connectivity index (χ1) is 14.3. The van der Waals surface area contributed by atoms with Gasteiger partial charge in [-0.2, -0.15) is 0 Å². The maximum atomic E-state index is 13.6. The number of hydrogen-bond acceptors (Lipinski definition) is 4. The Balaban J connectivity index is 1.47. The van der Waals surface area contributed by atoms with E-state index in [-0.39, 0.29) is 37.6 Å². The molecule has 0 bridgehead atoms. The van der Waals surface area contributed by atoms with Crippen LogP contribution in [0.2, 0.25) is 0 Å². The van der Waals surface area contributed by atoms with Gasteiger partial charge in [0, 0.05) is 37.5 Å². The number of carbonyl (C=O) groups excluding carboxylic acids is 1. The van der Waals surface area contributed by atoms with E-state index < -0.39 is 29.3 Å².